The molecule has 12 aliphatic carbocycles. The Morgan fingerprint density at radius 2 is 0.780 bits per heavy atom. The SMILES string of the molecule is C.C=C1CC[C@H]2[C@@H]3[C@@H](O)[C@H](O)[C@H]4Cc5nccnc5C[C@]4(C)[C@H]3CC[C@]12C.C=C1CC[C@H]2[C@@H]3[C@H]4OC(C)(C)O[C@@H]4[C@H]4CC(=O)CC[C@]4(C)[C@H]3CC[C@]12C.C=C1CC[C@H]2[C@@H]3[C@H]4OC(C)(C)O[C@@H]4[C@H]4Cc5nccnc5C[C@]4(C)[C@H]3CC[C@]12C. The van der Waals surface area contributed by atoms with Crippen LogP contribution >= 0.6 is 0 Å². The van der Waals surface area contributed by atoms with Crippen molar-refractivity contribution >= 4 is 5.78 Å². The highest BCUT2D eigenvalue weighted by molar-refractivity contribution is 5.80. The molecule has 11 heteroatoms. The standard InChI is InChI=1S/C25H34N2O2.C23H34O3.C22H30N2O2.CH4/c1-14-6-7-15-20-16(8-9-24(14,15)4)25(5)13-19-18(26-10-11-27-19)12-17(25)21-22(20)29-23(2,3)28-21;1-13-6-7-15-18-16(9-11-22(13,15)4)23(5)10-8-14(24)12-17(23)19-20(18)26-21(2,3)25-19;1-12-4-5-13-18-14(6-7-21(12,13)2)22(3)11-17-16(23-8-9-24-17)10-15(22)19(25)20(18)26;/h10-11,15-17,20-22H,1,6-9,12-13H2,2-5H3;15-20H,1,6-12H2,2-5H3;8-9,13-15,18-20,25-26H,1,4-7,10-11H2,2-3H3;1H4/t15-,16-,17+,20-,21+,22+,24+,25+;15-,16-,17+,18-,19+,20+,22+,23+;13-,14-,15+,18-,19+,20+,21+,22+;/m000./s1. The average molecular weight is 1120 g/mol. The largest absolute Gasteiger partial charge is 0.390 e. The Balaban J connectivity index is 0.000000115. The van der Waals surface area contributed by atoms with Crippen molar-refractivity contribution < 1.29 is 34.0 Å². The van der Waals surface area contributed by atoms with Crippen LogP contribution in [-0.2, 0) is 49.4 Å². The van der Waals surface area contributed by atoms with Crippen molar-refractivity contribution in [1.82, 2.24) is 19.9 Å². The molecule has 11 nitrogen and oxygen atoms in total. The second-order valence-corrected chi connectivity index (χ2v) is 32.0. The Hall–Kier alpha value is -3.19. The number of fused-ring (bicyclic) bond motifs is 23. The maximum absolute atomic E-state index is 12.3. The third-order valence-electron chi connectivity index (χ3n) is 28.0. The summed E-state index contributed by atoms with van der Waals surface area (Å²) in [5.41, 5.74) is 9.87. The smallest absolute Gasteiger partial charge is 0.163 e. The predicted molar refractivity (Wildman–Crippen MR) is 317 cm³/mol. The molecule has 448 valence electrons. The second kappa shape index (κ2) is 19.4. The Labute approximate surface area is 491 Å². The molecule has 2 saturated heterocycles. The first-order valence-corrected chi connectivity index (χ1v) is 32.5. The second-order valence-electron chi connectivity index (χ2n) is 32.0. The zero-order valence-corrected chi connectivity index (χ0v) is 51.0. The maximum atomic E-state index is 12.3. The van der Waals surface area contributed by atoms with E-state index in [4.69, 9.17) is 28.9 Å². The fraction of sp³-hybridized carbons (Fsp3) is 0.789. The van der Waals surface area contributed by atoms with Crippen molar-refractivity contribution in [2.45, 2.75) is 247 Å². The molecule has 2 aliphatic heterocycles. The maximum Gasteiger partial charge on any atom is 0.163 e. The fourth-order valence-electron chi connectivity index (χ4n) is 23.6. The van der Waals surface area contributed by atoms with Gasteiger partial charge in [-0.2, -0.15) is 0 Å². The number of aromatic nitrogens is 4. The van der Waals surface area contributed by atoms with Gasteiger partial charge in [0.05, 0.1) is 59.4 Å². The van der Waals surface area contributed by atoms with Crippen LogP contribution in [-0.4, -0.2) is 84.1 Å². The number of rotatable bonds is 0. The fourth-order valence-corrected chi connectivity index (χ4v) is 23.6. The first-order chi connectivity index (χ1) is 38.2. The lowest BCUT2D eigenvalue weighted by Crippen LogP contribution is -2.64. The van der Waals surface area contributed by atoms with Gasteiger partial charge < -0.3 is 29.2 Å². The number of aliphatic hydroxyl groups excluding tert-OH is 2. The zero-order valence-electron chi connectivity index (χ0n) is 51.0. The summed E-state index contributed by atoms with van der Waals surface area (Å²) in [5, 5.41) is 22.4. The number of carbonyl (C=O) groups is 1. The lowest BCUT2D eigenvalue weighted by molar-refractivity contribution is -0.201. The normalized spacial score (nSPS) is 50.8. The number of allylic oxidation sites excluding steroid dienone is 3. The van der Waals surface area contributed by atoms with E-state index in [9.17, 15) is 15.0 Å². The van der Waals surface area contributed by atoms with Crippen molar-refractivity contribution in [3.8, 4) is 0 Å². The first kappa shape index (κ1) is 57.9. The average Bonchev–Trinajstić information content (AvgIpc) is 1.72. The number of ketones is 1. The molecule has 82 heavy (non-hydrogen) atoms. The van der Waals surface area contributed by atoms with Crippen LogP contribution < -0.4 is 0 Å². The van der Waals surface area contributed by atoms with E-state index in [1.807, 2.05) is 12.4 Å². The lowest BCUT2D eigenvalue weighted by Gasteiger charge is -2.62. The number of carbonyl (C=O) groups excluding carboxylic acids is 1. The Morgan fingerprint density at radius 1 is 0.415 bits per heavy atom. The molecule has 0 spiro atoms. The molecule has 10 saturated carbocycles. The van der Waals surface area contributed by atoms with E-state index in [0.29, 0.717) is 71.4 Å². The third kappa shape index (κ3) is 8.21. The summed E-state index contributed by atoms with van der Waals surface area (Å²) >= 11 is 0. The minimum Gasteiger partial charge on any atom is -0.390 e. The van der Waals surface area contributed by atoms with Gasteiger partial charge in [0.15, 0.2) is 11.6 Å². The van der Waals surface area contributed by atoms with E-state index in [2.05, 4.69) is 98.9 Å². The number of hydrogen-bond acceptors (Lipinski definition) is 11. The Morgan fingerprint density at radius 3 is 1.24 bits per heavy atom. The number of Topliss-reactive ketones (excluding diaryl/α,β-unsaturated/α-hetero) is 1. The summed E-state index contributed by atoms with van der Waals surface area (Å²) in [7, 11) is 0. The summed E-state index contributed by atoms with van der Waals surface area (Å²) in [6.45, 7) is 36.2. The molecule has 0 aromatic carbocycles. The number of hydrogen-bond donors (Lipinski definition) is 2. The highest BCUT2D eigenvalue weighted by atomic mass is 16.8. The van der Waals surface area contributed by atoms with Gasteiger partial charge in [-0.1, -0.05) is 85.4 Å². The molecule has 0 amide bonds. The number of aliphatic hydroxyl groups is 2. The zero-order chi connectivity index (χ0) is 56.9. The van der Waals surface area contributed by atoms with Crippen molar-refractivity contribution in [3.63, 3.8) is 0 Å². The highest BCUT2D eigenvalue weighted by Crippen LogP contribution is 2.72. The number of ether oxygens (including phenoxy) is 4. The Bertz CT molecular complexity index is 2920. The summed E-state index contributed by atoms with van der Waals surface area (Å²) < 4.78 is 26.4. The van der Waals surface area contributed by atoms with Gasteiger partial charge in [-0.05, 0) is 234 Å². The molecular formula is C71H102N4O7. The van der Waals surface area contributed by atoms with Crippen LogP contribution in [0.4, 0.5) is 0 Å². The van der Waals surface area contributed by atoms with E-state index >= 15 is 0 Å². The topological polar surface area (TPSA) is 146 Å². The van der Waals surface area contributed by atoms with Crippen molar-refractivity contribution in [3.05, 3.63) is 84.0 Å². The summed E-state index contributed by atoms with van der Waals surface area (Å²) in [5.74, 6) is 5.03. The molecule has 0 unspecified atom stereocenters. The molecule has 0 bridgehead atoms. The van der Waals surface area contributed by atoms with E-state index < -0.39 is 23.8 Å². The summed E-state index contributed by atoms with van der Waals surface area (Å²) in [4.78, 5) is 30.9. The minimum absolute atomic E-state index is 0. The van der Waals surface area contributed by atoms with Crippen LogP contribution in [0.25, 0.3) is 0 Å². The van der Waals surface area contributed by atoms with Gasteiger partial charge in [0.25, 0.3) is 0 Å². The van der Waals surface area contributed by atoms with Gasteiger partial charge >= 0.3 is 0 Å². The molecule has 0 radical (unpaired) electrons. The van der Waals surface area contributed by atoms with E-state index in [1.165, 1.54) is 79.5 Å². The molecule has 24 atom stereocenters. The molecule has 2 aromatic heterocycles. The lowest BCUT2D eigenvalue weighted by atomic mass is 9.44. The monoisotopic (exact) mass is 1120 g/mol. The van der Waals surface area contributed by atoms with Crippen LogP contribution in [0.15, 0.2) is 61.2 Å². The van der Waals surface area contributed by atoms with Gasteiger partial charge in [0, 0.05) is 43.5 Å². The Kier molecular flexibility index (Phi) is 13.7. The van der Waals surface area contributed by atoms with Gasteiger partial charge in [0.2, 0.25) is 0 Å². The minimum atomic E-state index is -0.673. The first-order valence-electron chi connectivity index (χ1n) is 32.5. The van der Waals surface area contributed by atoms with Crippen molar-refractivity contribution in [1.29, 1.82) is 0 Å². The van der Waals surface area contributed by atoms with E-state index in [-0.39, 0.29) is 76.2 Å². The highest BCUT2D eigenvalue weighted by Gasteiger charge is 2.71. The van der Waals surface area contributed by atoms with Gasteiger partial charge in [-0.25, -0.2) is 0 Å². The molecule has 16 rings (SSSR count). The molecule has 12 fully saturated rings. The third-order valence-corrected chi connectivity index (χ3v) is 28.0. The van der Waals surface area contributed by atoms with E-state index in [0.717, 1.165) is 75.6 Å². The molecule has 4 heterocycles. The van der Waals surface area contributed by atoms with Gasteiger partial charge in [0.1, 0.15) is 5.78 Å². The molecule has 14 aliphatic rings. The quantitative estimate of drug-likeness (QED) is 0.243. The van der Waals surface area contributed by atoms with E-state index in [1.54, 1.807) is 12.4 Å². The van der Waals surface area contributed by atoms with Crippen LogP contribution in [0.5, 0.6) is 0 Å². The summed E-state index contributed by atoms with van der Waals surface area (Å²) in [6.07, 6.45) is 27.0. The van der Waals surface area contributed by atoms with Gasteiger partial charge in [-0.15, -0.1) is 0 Å². The summed E-state index contributed by atoms with van der Waals surface area (Å²) in [6, 6.07) is 0. The van der Waals surface area contributed by atoms with Crippen LogP contribution in [0, 0.1) is 104 Å². The molecule has 2 aromatic rings. The molecular weight excluding hydrogens is 1020 g/mol. The van der Waals surface area contributed by atoms with Gasteiger partial charge in [-0.3, -0.25) is 24.7 Å². The van der Waals surface area contributed by atoms with Crippen LogP contribution in [0.3, 0.4) is 0 Å². The van der Waals surface area contributed by atoms with Crippen LogP contribution in [0.2, 0.25) is 0 Å². The predicted octanol–water partition coefficient (Wildman–Crippen LogP) is 13.2. The van der Waals surface area contributed by atoms with Crippen molar-refractivity contribution in [2.24, 2.45) is 104 Å². The van der Waals surface area contributed by atoms with Crippen LogP contribution in [0.1, 0.15) is 196 Å². The molecule has 2 N–H and O–H groups in total. The van der Waals surface area contributed by atoms with Crippen molar-refractivity contribution in [2.75, 3.05) is 0 Å². The number of nitrogens with zero attached hydrogens (tertiary/aromatic N) is 4.